The molecule has 1 aliphatic carbocycles. The number of hydrazone groups is 1. The molecule has 0 spiro atoms. The van der Waals surface area contributed by atoms with Crippen LogP contribution in [0.4, 0.5) is 5.82 Å². The molecule has 3 aromatic heterocycles. The second-order valence-corrected chi connectivity index (χ2v) is 7.35. The second-order valence-electron chi connectivity index (χ2n) is 6.91. The van der Waals surface area contributed by atoms with Crippen molar-refractivity contribution in [2.24, 2.45) is 5.10 Å². The molecule has 0 aromatic carbocycles. The Hall–Kier alpha value is -3.39. The highest BCUT2D eigenvalue weighted by atomic mass is 35.5. The Morgan fingerprint density at radius 2 is 2.00 bits per heavy atom. The Balaban J connectivity index is 1.57. The monoisotopic (exact) mass is 426 g/mol. The Labute approximate surface area is 177 Å². The molecule has 30 heavy (non-hydrogen) atoms. The number of nitrogens with zero attached hydrogens (tertiary/aromatic N) is 2. The van der Waals surface area contributed by atoms with Crippen LogP contribution >= 0.6 is 11.6 Å². The van der Waals surface area contributed by atoms with Crippen molar-refractivity contribution in [3.05, 3.63) is 69.7 Å². The molecule has 4 rings (SSSR count). The average Bonchev–Trinajstić information content (AvgIpc) is 3.31. The predicted octanol–water partition coefficient (Wildman–Crippen LogP) is 4.26. The number of carbonyl (C=O) groups is 2. The number of fused-ring (bicyclic) bond motifs is 1. The smallest absolute Gasteiger partial charge is 0.292 e. The van der Waals surface area contributed by atoms with Gasteiger partial charge in [-0.15, -0.1) is 0 Å². The van der Waals surface area contributed by atoms with Crippen molar-refractivity contribution < 1.29 is 18.4 Å². The van der Waals surface area contributed by atoms with Crippen molar-refractivity contribution in [3.8, 4) is 0 Å². The third-order valence-corrected chi connectivity index (χ3v) is 5.12. The largest absolute Gasteiger partial charge is 0.469 e. The van der Waals surface area contributed by atoms with Gasteiger partial charge in [-0.1, -0.05) is 11.6 Å². The molecule has 2 N–H and O–H groups in total. The van der Waals surface area contributed by atoms with E-state index in [1.807, 2.05) is 0 Å². The molecule has 0 saturated heterocycles. The number of carbonyl (C=O) groups excluding carboxylic acids is 2. The average molecular weight is 427 g/mol. The van der Waals surface area contributed by atoms with E-state index in [9.17, 15) is 9.59 Å². The first-order valence-corrected chi connectivity index (χ1v) is 9.78. The van der Waals surface area contributed by atoms with Gasteiger partial charge in [0.05, 0.1) is 22.6 Å². The molecule has 0 fully saturated rings. The molecule has 8 nitrogen and oxygen atoms in total. The standard InChI is InChI=1S/C21H19ClN4O4/c1-11-18-15(25-26-20(27)14-8-9-29-12(14)2)4-3-5-16(18)30-19(11)21(28)24-17-7-6-13(22)10-23-17/h6-10H,3-5H2,1-2H3,(H,26,27)(H,23,24,28)/b25-15+. The summed E-state index contributed by atoms with van der Waals surface area (Å²) >= 11 is 5.83. The number of rotatable bonds is 4. The highest BCUT2D eigenvalue weighted by Gasteiger charge is 2.28. The van der Waals surface area contributed by atoms with Gasteiger partial charge in [0.25, 0.3) is 11.8 Å². The fourth-order valence-corrected chi connectivity index (χ4v) is 3.53. The third kappa shape index (κ3) is 3.86. The molecule has 0 saturated carbocycles. The highest BCUT2D eigenvalue weighted by molar-refractivity contribution is 6.30. The molecule has 0 unspecified atom stereocenters. The molecular formula is C21H19ClN4O4. The van der Waals surface area contributed by atoms with Gasteiger partial charge in [0, 0.05) is 23.7 Å². The summed E-state index contributed by atoms with van der Waals surface area (Å²) in [6.45, 7) is 3.51. The number of aryl methyl sites for hydroxylation is 2. The fourth-order valence-electron chi connectivity index (χ4n) is 3.42. The summed E-state index contributed by atoms with van der Waals surface area (Å²) in [6, 6.07) is 4.84. The predicted molar refractivity (Wildman–Crippen MR) is 111 cm³/mol. The quantitative estimate of drug-likeness (QED) is 0.605. The number of hydrogen-bond donors (Lipinski definition) is 2. The summed E-state index contributed by atoms with van der Waals surface area (Å²) < 4.78 is 11.0. The van der Waals surface area contributed by atoms with E-state index < -0.39 is 5.91 Å². The van der Waals surface area contributed by atoms with Crippen LogP contribution in [0.25, 0.3) is 0 Å². The Morgan fingerprint density at radius 3 is 2.70 bits per heavy atom. The van der Waals surface area contributed by atoms with E-state index in [1.54, 1.807) is 32.0 Å². The Kier molecular flexibility index (Phi) is 5.41. The van der Waals surface area contributed by atoms with Gasteiger partial charge in [0.1, 0.15) is 17.3 Å². The zero-order valence-corrected chi connectivity index (χ0v) is 17.2. The SMILES string of the molecule is Cc1occc1C(=O)N/N=C1\CCCc2oc(C(=O)Nc3ccc(Cl)cn3)c(C)c21. The van der Waals surface area contributed by atoms with Gasteiger partial charge in [0.15, 0.2) is 5.76 Å². The summed E-state index contributed by atoms with van der Waals surface area (Å²) in [4.78, 5) is 29.1. The van der Waals surface area contributed by atoms with Crippen LogP contribution in [0.2, 0.25) is 5.02 Å². The number of nitrogens with one attached hydrogen (secondary N) is 2. The van der Waals surface area contributed by atoms with E-state index in [-0.39, 0.29) is 11.7 Å². The summed E-state index contributed by atoms with van der Waals surface area (Å²) in [5.41, 5.74) is 5.11. The van der Waals surface area contributed by atoms with Crippen LogP contribution in [-0.2, 0) is 6.42 Å². The molecule has 1 aliphatic rings. The number of furan rings is 2. The highest BCUT2D eigenvalue weighted by Crippen LogP contribution is 2.30. The maximum atomic E-state index is 12.7. The molecule has 2 amide bonds. The van der Waals surface area contributed by atoms with Crippen LogP contribution in [0.5, 0.6) is 0 Å². The van der Waals surface area contributed by atoms with Crippen molar-refractivity contribution in [2.75, 3.05) is 5.32 Å². The normalized spacial score (nSPS) is 14.4. The first-order valence-electron chi connectivity index (χ1n) is 9.40. The van der Waals surface area contributed by atoms with Crippen molar-refractivity contribution in [3.63, 3.8) is 0 Å². The lowest BCUT2D eigenvalue weighted by molar-refractivity contribution is 0.0952. The third-order valence-electron chi connectivity index (χ3n) is 4.90. The van der Waals surface area contributed by atoms with Gasteiger partial charge < -0.3 is 14.2 Å². The van der Waals surface area contributed by atoms with E-state index in [2.05, 4.69) is 20.8 Å². The van der Waals surface area contributed by atoms with Crippen molar-refractivity contribution in [1.29, 1.82) is 0 Å². The van der Waals surface area contributed by atoms with E-state index >= 15 is 0 Å². The van der Waals surface area contributed by atoms with Gasteiger partial charge in [-0.25, -0.2) is 10.4 Å². The molecule has 154 valence electrons. The number of hydrogen-bond acceptors (Lipinski definition) is 6. The maximum Gasteiger partial charge on any atom is 0.292 e. The number of halogens is 1. The summed E-state index contributed by atoms with van der Waals surface area (Å²) in [5, 5.41) is 7.49. The van der Waals surface area contributed by atoms with Gasteiger partial charge in [0.2, 0.25) is 0 Å². The summed E-state index contributed by atoms with van der Waals surface area (Å²) in [6.07, 6.45) is 5.07. The zero-order chi connectivity index (χ0) is 21.3. The summed E-state index contributed by atoms with van der Waals surface area (Å²) in [7, 11) is 0. The molecule has 3 aromatic rings. The minimum absolute atomic E-state index is 0.198. The lowest BCUT2D eigenvalue weighted by Crippen LogP contribution is -2.22. The van der Waals surface area contributed by atoms with E-state index in [1.165, 1.54) is 12.5 Å². The van der Waals surface area contributed by atoms with Crippen LogP contribution in [0.3, 0.4) is 0 Å². The zero-order valence-electron chi connectivity index (χ0n) is 16.4. The molecule has 0 bridgehead atoms. The molecular weight excluding hydrogens is 408 g/mol. The minimum atomic E-state index is -0.408. The van der Waals surface area contributed by atoms with Gasteiger partial charge in [-0.05, 0) is 44.9 Å². The lowest BCUT2D eigenvalue weighted by Gasteiger charge is -2.13. The van der Waals surface area contributed by atoms with Gasteiger partial charge in [-0.3, -0.25) is 9.59 Å². The van der Waals surface area contributed by atoms with Crippen LogP contribution in [-0.4, -0.2) is 22.5 Å². The molecule has 9 heteroatoms. The first kappa shape index (κ1) is 19.9. The molecule has 0 aliphatic heterocycles. The maximum absolute atomic E-state index is 12.7. The molecule has 0 radical (unpaired) electrons. The van der Waals surface area contributed by atoms with Crippen molar-refractivity contribution >= 4 is 34.9 Å². The fraction of sp³-hybridized carbons (Fsp3) is 0.238. The number of pyridine rings is 1. The second kappa shape index (κ2) is 8.16. The van der Waals surface area contributed by atoms with Crippen LogP contribution < -0.4 is 10.7 Å². The number of anilines is 1. The molecule has 0 atom stereocenters. The van der Waals surface area contributed by atoms with Gasteiger partial charge in [-0.2, -0.15) is 5.10 Å². The first-order chi connectivity index (χ1) is 14.4. The number of amides is 2. The van der Waals surface area contributed by atoms with Crippen LogP contribution in [0, 0.1) is 13.8 Å². The van der Waals surface area contributed by atoms with E-state index in [4.69, 9.17) is 20.4 Å². The minimum Gasteiger partial charge on any atom is -0.469 e. The Bertz CT molecular complexity index is 1140. The van der Waals surface area contributed by atoms with Crippen LogP contribution in [0.1, 0.15) is 56.4 Å². The molecule has 3 heterocycles. The van der Waals surface area contributed by atoms with Gasteiger partial charge >= 0.3 is 0 Å². The Morgan fingerprint density at radius 1 is 1.17 bits per heavy atom. The van der Waals surface area contributed by atoms with E-state index in [0.717, 1.165) is 12.0 Å². The number of aromatic nitrogens is 1. The van der Waals surface area contributed by atoms with Crippen molar-refractivity contribution in [1.82, 2.24) is 10.4 Å². The summed E-state index contributed by atoms with van der Waals surface area (Å²) in [5.74, 6) is 1.01. The lowest BCUT2D eigenvalue weighted by atomic mass is 9.93. The topological polar surface area (TPSA) is 110 Å². The van der Waals surface area contributed by atoms with Crippen LogP contribution in [0.15, 0.2) is 44.6 Å². The van der Waals surface area contributed by atoms with E-state index in [0.29, 0.717) is 52.0 Å². The van der Waals surface area contributed by atoms with Crippen molar-refractivity contribution in [2.45, 2.75) is 33.1 Å².